The van der Waals surface area contributed by atoms with Gasteiger partial charge in [-0.25, -0.2) is 0 Å². The molecule has 2 aromatic rings. The number of piperidine rings is 1. The number of imide groups is 1. The van der Waals surface area contributed by atoms with Gasteiger partial charge in [0.2, 0.25) is 6.79 Å². The Morgan fingerprint density at radius 2 is 1.82 bits per heavy atom. The minimum Gasteiger partial charge on any atom is -0.494 e. The lowest BCUT2D eigenvalue weighted by Crippen LogP contribution is -2.39. The fraction of sp³-hybridized carbons (Fsp3) is 0.385. The maximum Gasteiger partial charge on any atom is 0.278 e. The monoisotopic (exact) mass is 448 g/mol. The highest BCUT2D eigenvalue weighted by Gasteiger charge is 2.42. The molecule has 3 aliphatic rings. The van der Waals surface area contributed by atoms with Crippen molar-refractivity contribution >= 4 is 17.4 Å². The average molecular weight is 449 g/mol. The molecule has 0 aliphatic carbocycles. The molecule has 2 amide bonds. The van der Waals surface area contributed by atoms with Crippen LogP contribution in [0, 0.1) is 5.92 Å². The van der Waals surface area contributed by atoms with Gasteiger partial charge in [-0.15, -0.1) is 0 Å². The molecule has 172 valence electrons. The molecule has 0 spiro atoms. The first-order chi connectivity index (χ1) is 16.0. The summed E-state index contributed by atoms with van der Waals surface area (Å²) in [6, 6.07) is 12.9. The van der Waals surface area contributed by atoms with Gasteiger partial charge >= 0.3 is 0 Å². The number of hydrogen-bond donors (Lipinski definition) is 0. The van der Waals surface area contributed by atoms with Gasteiger partial charge in [-0.2, -0.15) is 0 Å². The molecule has 3 heterocycles. The average Bonchev–Trinajstić information content (AvgIpc) is 3.37. The summed E-state index contributed by atoms with van der Waals surface area (Å²) in [5, 5.41) is 0. The van der Waals surface area contributed by atoms with Crippen LogP contribution in [0.4, 0.5) is 0 Å². The molecule has 1 unspecified atom stereocenters. The van der Waals surface area contributed by atoms with Crippen LogP contribution in [0.2, 0.25) is 0 Å². The molecule has 0 saturated carbocycles. The van der Waals surface area contributed by atoms with Gasteiger partial charge in [-0.3, -0.25) is 14.5 Å². The normalized spacial score (nSPS) is 20.1. The van der Waals surface area contributed by atoms with Gasteiger partial charge in [-0.1, -0.05) is 25.1 Å². The van der Waals surface area contributed by atoms with Gasteiger partial charge in [0.15, 0.2) is 11.5 Å². The van der Waals surface area contributed by atoms with Crippen molar-refractivity contribution in [3.63, 3.8) is 0 Å². The van der Waals surface area contributed by atoms with E-state index in [0.717, 1.165) is 42.8 Å². The second-order valence-electron chi connectivity index (χ2n) is 8.76. The van der Waals surface area contributed by atoms with Crippen LogP contribution >= 0.6 is 0 Å². The summed E-state index contributed by atoms with van der Waals surface area (Å²) in [4.78, 5) is 30.7. The van der Waals surface area contributed by atoms with Gasteiger partial charge in [0.05, 0.1) is 18.7 Å². The first-order valence-electron chi connectivity index (χ1n) is 11.5. The highest BCUT2D eigenvalue weighted by atomic mass is 16.7. The van der Waals surface area contributed by atoms with Crippen molar-refractivity contribution in [2.75, 3.05) is 26.5 Å². The molecule has 7 nitrogen and oxygen atoms in total. The molecular formula is C26H28N2O5. The Bertz CT molecular complexity index is 1110. The summed E-state index contributed by atoms with van der Waals surface area (Å²) in [7, 11) is 0. The lowest BCUT2D eigenvalue weighted by Gasteiger charge is -2.33. The van der Waals surface area contributed by atoms with E-state index in [-0.39, 0.29) is 25.2 Å². The zero-order valence-corrected chi connectivity index (χ0v) is 19.0. The number of nitrogens with zero attached hydrogens (tertiary/aromatic N) is 2. The van der Waals surface area contributed by atoms with Crippen LogP contribution in [0.3, 0.4) is 0 Å². The zero-order chi connectivity index (χ0) is 22.9. The maximum atomic E-state index is 13.6. The highest BCUT2D eigenvalue weighted by Crippen LogP contribution is 2.37. The minimum absolute atomic E-state index is 0.182. The number of hydrogen-bond acceptors (Lipinski definition) is 6. The quantitative estimate of drug-likeness (QED) is 0.626. The SMILES string of the molecule is CCOc1ccc(C2=C(N3CCCC(C)C3)C(=O)N(Cc3ccc4c(c3)OCO4)C2=O)cc1. The van der Waals surface area contributed by atoms with E-state index in [1.165, 1.54) is 4.90 Å². The molecule has 1 atom stereocenters. The van der Waals surface area contributed by atoms with Crippen LogP contribution in [0.5, 0.6) is 17.2 Å². The molecule has 5 rings (SSSR count). The molecule has 7 heteroatoms. The van der Waals surface area contributed by atoms with E-state index in [2.05, 4.69) is 11.8 Å². The van der Waals surface area contributed by atoms with Crippen molar-refractivity contribution in [2.24, 2.45) is 5.92 Å². The molecule has 0 aromatic heterocycles. The third-order valence-corrected chi connectivity index (χ3v) is 6.35. The van der Waals surface area contributed by atoms with E-state index in [0.29, 0.717) is 35.3 Å². The Balaban J connectivity index is 1.49. The summed E-state index contributed by atoms with van der Waals surface area (Å²) >= 11 is 0. The fourth-order valence-electron chi connectivity index (χ4n) is 4.76. The number of benzene rings is 2. The molecule has 0 N–H and O–H groups in total. The van der Waals surface area contributed by atoms with Gasteiger partial charge < -0.3 is 19.1 Å². The van der Waals surface area contributed by atoms with Crippen molar-refractivity contribution in [3.05, 3.63) is 59.3 Å². The third kappa shape index (κ3) is 4.03. The Kier molecular flexibility index (Phi) is 5.70. The first kappa shape index (κ1) is 21.4. The van der Waals surface area contributed by atoms with Crippen molar-refractivity contribution < 1.29 is 23.8 Å². The number of carbonyl (C=O) groups is 2. The topological polar surface area (TPSA) is 68.3 Å². The van der Waals surface area contributed by atoms with Crippen LogP contribution in [-0.4, -0.2) is 48.1 Å². The smallest absolute Gasteiger partial charge is 0.278 e. The van der Waals surface area contributed by atoms with Crippen LogP contribution in [-0.2, 0) is 16.1 Å². The summed E-state index contributed by atoms with van der Waals surface area (Å²) in [6.07, 6.45) is 2.13. The molecule has 33 heavy (non-hydrogen) atoms. The van der Waals surface area contributed by atoms with Crippen LogP contribution in [0.1, 0.15) is 37.8 Å². The number of likely N-dealkylation sites (tertiary alicyclic amines) is 1. The standard InChI is InChI=1S/C26H28N2O5/c1-3-31-20-9-7-19(8-10-20)23-24(27-12-4-5-17(2)14-27)26(30)28(25(23)29)15-18-6-11-21-22(13-18)33-16-32-21/h6-11,13,17H,3-5,12,14-16H2,1-2H3. The van der Waals surface area contributed by atoms with E-state index < -0.39 is 0 Å². The van der Waals surface area contributed by atoms with Crippen LogP contribution in [0.15, 0.2) is 48.2 Å². The van der Waals surface area contributed by atoms with E-state index >= 15 is 0 Å². The van der Waals surface area contributed by atoms with Crippen molar-refractivity contribution in [2.45, 2.75) is 33.2 Å². The molecule has 1 fully saturated rings. The second kappa shape index (κ2) is 8.81. The molecule has 0 bridgehead atoms. The number of fused-ring (bicyclic) bond motifs is 1. The Labute approximate surface area is 193 Å². The number of amides is 2. The van der Waals surface area contributed by atoms with E-state index in [4.69, 9.17) is 14.2 Å². The molecule has 2 aromatic carbocycles. The van der Waals surface area contributed by atoms with Gasteiger partial charge in [-0.05, 0) is 61.1 Å². The van der Waals surface area contributed by atoms with Crippen molar-refractivity contribution in [1.82, 2.24) is 9.80 Å². The summed E-state index contributed by atoms with van der Waals surface area (Å²) < 4.78 is 16.4. The zero-order valence-electron chi connectivity index (χ0n) is 19.0. The highest BCUT2D eigenvalue weighted by molar-refractivity contribution is 6.35. The van der Waals surface area contributed by atoms with Crippen molar-refractivity contribution in [3.8, 4) is 17.2 Å². The lowest BCUT2D eigenvalue weighted by atomic mass is 9.97. The first-order valence-corrected chi connectivity index (χ1v) is 11.5. The van der Waals surface area contributed by atoms with E-state index in [1.54, 1.807) is 0 Å². The van der Waals surface area contributed by atoms with E-state index in [9.17, 15) is 9.59 Å². The van der Waals surface area contributed by atoms with Gasteiger partial charge in [0, 0.05) is 13.1 Å². The second-order valence-corrected chi connectivity index (χ2v) is 8.76. The van der Waals surface area contributed by atoms with Crippen molar-refractivity contribution in [1.29, 1.82) is 0 Å². The van der Waals surface area contributed by atoms with E-state index in [1.807, 2.05) is 49.4 Å². The Morgan fingerprint density at radius 1 is 1.03 bits per heavy atom. The maximum absolute atomic E-state index is 13.6. The third-order valence-electron chi connectivity index (χ3n) is 6.35. The number of ether oxygens (including phenoxy) is 3. The number of carbonyl (C=O) groups excluding carboxylic acids is 2. The molecule has 3 aliphatic heterocycles. The largest absolute Gasteiger partial charge is 0.494 e. The lowest BCUT2D eigenvalue weighted by molar-refractivity contribution is -0.138. The predicted octanol–water partition coefficient (Wildman–Crippen LogP) is 3.83. The Hall–Kier alpha value is -3.48. The van der Waals surface area contributed by atoms with Crippen LogP contribution < -0.4 is 14.2 Å². The van der Waals surface area contributed by atoms with Gasteiger partial charge in [0.25, 0.3) is 11.8 Å². The molecule has 1 saturated heterocycles. The summed E-state index contributed by atoms with van der Waals surface area (Å²) in [6.45, 7) is 6.60. The van der Waals surface area contributed by atoms with Gasteiger partial charge in [0.1, 0.15) is 11.4 Å². The number of rotatable bonds is 6. The summed E-state index contributed by atoms with van der Waals surface area (Å²) in [5.74, 6) is 2.01. The summed E-state index contributed by atoms with van der Waals surface area (Å²) in [5.41, 5.74) is 2.54. The predicted molar refractivity (Wildman–Crippen MR) is 123 cm³/mol. The Morgan fingerprint density at radius 3 is 2.58 bits per heavy atom. The van der Waals surface area contributed by atoms with Crippen LogP contribution in [0.25, 0.3) is 5.57 Å². The fourth-order valence-corrected chi connectivity index (χ4v) is 4.76. The molecule has 0 radical (unpaired) electrons. The molecular weight excluding hydrogens is 420 g/mol. The minimum atomic E-state index is -0.268.